The topological polar surface area (TPSA) is 43.8 Å². The van der Waals surface area contributed by atoms with Crippen LogP contribution in [0.2, 0.25) is 0 Å². The molecule has 0 spiro atoms. The van der Waals surface area contributed by atoms with Crippen LogP contribution < -0.4 is 0 Å². The molecule has 1 aromatic carbocycles. The summed E-state index contributed by atoms with van der Waals surface area (Å²) in [4.78, 5) is 15.8. The summed E-state index contributed by atoms with van der Waals surface area (Å²) in [6.07, 6.45) is 1.02. The lowest BCUT2D eigenvalue weighted by Gasteiger charge is -2.41. The van der Waals surface area contributed by atoms with Crippen molar-refractivity contribution >= 4 is 5.91 Å². The molecule has 104 valence electrons. The Bertz CT molecular complexity index is 408. The van der Waals surface area contributed by atoms with Gasteiger partial charge in [-0.25, -0.2) is 0 Å². The van der Waals surface area contributed by atoms with E-state index in [1.165, 1.54) is 5.56 Å². The molecule has 0 aromatic heterocycles. The molecule has 1 aliphatic rings. The maximum absolute atomic E-state index is 11.6. The second kappa shape index (κ2) is 6.68. The number of piperazine rings is 1. The molecule has 1 atom stereocenters. The number of hydrogen-bond acceptors (Lipinski definition) is 3. The number of nitrogens with zero attached hydrogens (tertiary/aromatic N) is 2. The van der Waals surface area contributed by atoms with E-state index in [4.69, 9.17) is 5.11 Å². The van der Waals surface area contributed by atoms with Crippen LogP contribution in [0.1, 0.15) is 18.9 Å². The number of amides is 1. The van der Waals surface area contributed by atoms with Crippen molar-refractivity contribution in [3.63, 3.8) is 0 Å². The third kappa shape index (κ3) is 3.55. The Labute approximate surface area is 114 Å². The lowest BCUT2D eigenvalue weighted by molar-refractivity contribution is -0.137. The number of aliphatic hydroxyl groups is 1. The van der Waals surface area contributed by atoms with Crippen LogP contribution in [0.25, 0.3) is 0 Å². The van der Waals surface area contributed by atoms with E-state index < -0.39 is 0 Å². The highest BCUT2D eigenvalue weighted by Crippen LogP contribution is 2.16. The molecule has 1 fully saturated rings. The highest BCUT2D eigenvalue weighted by molar-refractivity contribution is 5.77. The fourth-order valence-electron chi connectivity index (χ4n) is 2.63. The van der Waals surface area contributed by atoms with Crippen molar-refractivity contribution in [2.24, 2.45) is 0 Å². The number of rotatable bonds is 4. The van der Waals surface area contributed by atoms with Gasteiger partial charge in [0, 0.05) is 32.2 Å². The zero-order chi connectivity index (χ0) is 13.7. The minimum Gasteiger partial charge on any atom is -0.387 e. The average Bonchev–Trinajstić information content (AvgIpc) is 2.48. The van der Waals surface area contributed by atoms with Crippen molar-refractivity contribution in [2.75, 3.05) is 26.2 Å². The third-order valence-electron chi connectivity index (χ3n) is 3.79. The minimum atomic E-state index is -0.380. The van der Waals surface area contributed by atoms with E-state index in [2.05, 4.69) is 36.1 Å². The summed E-state index contributed by atoms with van der Waals surface area (Å²) >= 11 is 0. The van der Waals surface area contributed by atoms with Crippen LogP contribution in [0.15, 0.2) is 30.3 Å². The van der Waals surface area contributed by atoms with Crippen molar-refractivity contribution in [1.29, 1.82) is 0 Å². The molecular formula is C15H22N2O2. The zero-order valence-corrected chi connectivity index (χ0v) is 11.5. The maximum Gasteiger partial charge on any atom is 0.248 e. The van der Waals surface area contributed by atoms with Crippen LogP contribution in [0.5, 0.6) is 0 Å². The highest BCUT2D eigenvalue weighted by Gasteiger charge is 2.27. The molecule has 1 saturated heterocycles. The quantitative estimate of drug-likeness (QED) is 0.884. The summed E-state index contributed by atoms with van der Waals surface area (Å²) in [5, 5.41) is 8.94. The predicted molar refractivity (Wildman–Crippen MR) is 74.6 cm³/mol. The smallest absolute Gasteiger partial charge is 0.248 e. The summed E-state index contributed by atoms with van der Waals surface area (Å²) in [6.45, 7) is 5.01. The maximum atomic E-state index is 11.6. The molecule has 1 N–H and O–H groups in total. The van der Waals surface area contributed by atoms with E-state index in [-0.39, 0.29) is 12.5 Å². The van der Waals surface area contributed by atoms with E-state index in [1.807, 2.05) is 6.07 Å². The Hall–Kier alpha value is -1.39. The number of aliphatic hydroxyl groups excluding tert-OH is 1. The zero-order valence-electron chi connectivity index (χ0n) is 11.5. The molecular weight excluding hydrogens is 240 g/mol. The molecule has 19 heavy (non-hydrogen) atoms. The first-order chi connectivity index (χ1) is 9.24. The Morgan fingerprint density at radius 1 is 1.32 bits per heavy atom. The average molecular weight is 262 g/mol. The van der Waals surface area contributed by atoms with Crippen LogP contribution in [0.4, 0.5) is 0 Å². The molecule has 0 aliphatic carbocycles. The van der Waals surface area contributed by atoms with Gasteiger partial charge >= 0.3 is 0 Å². The van der Waals surface area contributed by atoms with Crippen molar-refractivity contribution in [3.8, 4) is 0 Å². The molecule has 0 unspecified atom stereocenters. The van der Waals surface area contributed by atoms with Crippen LogP contribution in [-0.4, -0.2) is 53.1 Å². The first kappa shape index (κ1) is 14.0. The van der Waals surface area contributed by atoms with E-state index in [9.17, 15) is 4.79 Å². The van der Waals surface area contributed by atoms with Gasteiger partial charge in [-0.2, -0.15) is 0 Å². The second-order valence-electron chi connectivity index (χ2n) is 5.02. The number of carbonyl (C=O) groups excluding carboxylic acids is 1. The molecule has 1 aromatic rings. The number of carbonyl (C=O) groups is 1. The lowest BCUT2D eigenvalue weighted by Crippen LogP contribution is -2.54. The fourth-order valence-corrected chi connectivity index (χ4v) is 2.63. The van der Waals surface area contributed by atoms with Gasteiger partial charge in [0.25, 0.3) is 0 Å². The molecule has 2 rings (SSSR count). The van der Waals surface area contributed by atoms with Gasteiger partial charge in [-0.3, -0.25) is 9.69 Å². The molecule has 0 bridgehead atoms. The van der Waals surface area contributed by atoms with Crippen molar-refractivity contribution in [3.05, 3.63) is 35.9 Å². The fraction of sp³-hybridized carbons (Fsp3) is 0.533. The number of benzene rings is 1. The summed E-state index contributed by atoms with van der Waals surface area (Å²) in [7, 11) is 0. The molecule has 0 radical (unpaired) electrons. The van der Waals surface area contributed by atoms with Crippen LogP contribution >= 0.6 is 0 Å². The second-order valence-corrected chi connectivity index (χ2v) is 5.02. The monoisotopic (exact) mass is 262 g/mol. The summed E-state index contributed by atoms with van der Waals surface area (Å²) in [6, 6.07) is 10.8. The first-order valence-electron chi connectivity index (χ1n) is 6.91. The SMILES string of the molecule is CC[C@@H]1CN(C(=O)CO)CCN1Cc1ccccc1. The van der Waals surface area contributed by atoms with Crippen LogP contribution in [-0.2, 0) is 11.3 Å². The van der Waals surface area contributed by atoms with E-state index in [0.717, 1.165) is 26.1 Å². The highest BCUT2D eigenvalue weighted by atomic mass is 16.3. The summed E-state index contributed by atoms with van der Waals surface area (Å²) in [5.41, 5.74) is 1.31. The predicted octanol–water partition coefficient (Wildman–Crippen LogP) is 1.10. The van der Waals surface area contributed by atoms with Crippen LogP contribution in [0.3, 0.4) is 0 Å². The molecule has 1 amide bonds. The van der Waals surface area contributed by atoms with E-state index >= 15 is 0 Å². The molecule has 4 heteroatoms. The van der Waals surface area contributed by atoms with E-state index in [1.54, 1.807) is 4.90 Å². The van der Waals surface area contributed by atoms with Gasteiger partial charge in [0.2, 0.25) is 5.91 Å². The van der Waals surface area contributed by atoms with Crippen LogP contribution in [0, 0.1) is 0 Å². The normalized spacial score (nSPS) is 20.5. The molecule has 1 heterocycles. The van der Waals surface area contributed by atoms with Gasteiger partial charge in [-0.05, 0) is 12.0 Å². The van der Waals surface area contributed by atoms with Gasteiger partial charge in [-0.1, -0.05) is 37.3 Å². The van der Waals surface area contributed by atoms with E-state index in [0.29, 0.717) is 12.6 Å². The van der Waals surface area contributed by atoms with Gasteiger partial charge in [0.05, 0.1) is 0 Å². The van der Waals surface area contributed by atoms with Gasteiger partial charge in [0.1, 0.15) is 6.61 Å². The number of hydrogen-bond donors (Lipinski definition) is 1. The summed E-state index contributed by atoms with van der Waals surface area (Å²) in [5.74, 6) is -0.155. The van der Waals surface area contributed by atoms with Crippen molar-refractivity contribution < 1.29 is 9.90 Å². The first-order valence-corrected chi connectivity index (χ1v) is 6.91. The lowest BCUT2D eigenvalue weighted by atomic mass is 10.1. The van der Waals surface area contributed by atoms with Crippen molar-refractivity contribution in [2.45, 2.75) is 25.9 Å². The summed E-state index contributed by atoms with van der Waals surface area (Å²) < 4.78 is 0. The van der Waals surface area contributed by atoms with Crippen molar-refractivity contribution in [1.82, 2.24) is 9.80 Å². The van der Waals surface area contributed by atoms with Gasteiger partial charge in [-0.15, -0.1) is 0 Å². The largest absolute Gasteiger partial charge is 0.387 e. The Morgan fingerprint density at radius 2 is 2.05 bits per heavy atom. The third-order valence-corrected chi connectivity index (χ3v) is 3.79. The standard InChI is InChI=1S/C15H22N2O2/c1-2-14-11-17(15(19)12-18)9-8-16(14)10-13-6-4-3-5-7-13/h3-7,14,18H,2,8-12H2,1H3/t14-/m1/s1. The van der Waals surface area contributed by atoms with Gasteiger partial charge < -0.3 is 10.0 Å². The van der Waals surface area contributed by atoms with Gasteiger partial charge in [0.15, 0.2) is 0 Å². The Balaban J connectivity index is 1.97. The Morgan fingerprint density at radius 3 is 2.68 bits per heavy atom. The molecule has 1 aliphatic heterocycles. The minimum absolute atomic E-state index is 0.155. The molecule has 4 nitrogen and oxygen atoms in total. The Kier molecular flexibility index (Phi) is 4.93. The molecule has 0 saturated carbocycles.